The molecule has 1 aliphatic heterocycles. The minimum Gasteiger partial charge on any atom is -0.391 e. The van der Waals surface area contributed by atoms with Crippen LogP contribution in [0.3, 0.4) is 0 Å². The number of rotatable bonds is 2. The van der Waals surface area contributed by atoms with E-state index < -0.39 is 0 Å². The lowest BCUT2D eigenvalue weighted by Crippen LogP contribution is -2.25. The fraction of sp³-hybridized carbons (Fsp3) is 0.400. The first kappa shape index (κ1) is 9.92. The summed E-state index contributed by atoms with van der Waals surface area (Å²) in [6.45, 7) is 1.37. The summed E-state index contributed by atoms with van der Waals surface area (Å²) in [4.78, 5) is 6.08. The highest BCUT2D eigenvalue weighted by atomic mass is 16.3. The lowest BCUT2D eigenvalue weighted by atomic mass is 10.2. The topological polar surface area (TPSA) is 86.2 Å². The highest BCUT2D eigenvalue weighted by molar-refractivity contribution is 5.98. The van der Waals surface area contributed by atoms with Crippen LogP contribution < -0.4 is 10.6 Å². The molecule has 0 amide bonds. The lowest BCUT2D eigenvalue weighted by molar-refractivity contribution is 0.198. The van der Waals surface area contributed by atoms with Gasteiger partial charge >= 0.3 is 0 Å². The van der Waals surface area contributed by atoms with Gasteiger partial charge in [0.05, 0.1) is 11.8 Å². The third-order valence-corrected chi connectivity index (χ3v) is 2.55. The fourth-order valence-electron chi connectivity index (χ4n) is 1.82. The summed E-state index contributed by atoms with van der Waals surface area (Å²) in [5, 5.41) is 16.9. The van der Waals surface area contributed by atoms with Crippen LogP contribution in [0.1, 0.15) is 12.1 Å². The van der Waals surface area contributed by atoms with Gasteiger partial charge < -0.3 is 15.7 Å². The van der Waals surface area contributed by atoms with Crippen LogP contribution >= 0.6 is 0 Å². The maximum atomic E-state index is 9.44. The summed E-state index contributed by atoms with van der Waals surface area (Å²) in [7, 11) is 0. The van der Waals surface area contributed by atoms with Gasteiger partial charge in [-0.05, 0) is 18.6 Å². The van der Waals surface area contributed by atoms with E-state index in [1.165, 1.54) is 0 Å². The molecule has 0 spiro atoms. The van der Waals surface area contributed by atoms with E-state index in [1.54, 1.807) is 6.20 Å². The highest BCUT2D eigenvalue weighted by Gasteiger charge is 2.23. The number of aliphatic hydroxyl groups is 1. The molecular weight excluding hydrogens is 192 g/mol. The van der Waals surface area contributed by atoms with E-state index >= 15 is 0 Å². The van der Waals surface area contributed by atoms with Gasteiger partial charge in [-0.1, -0.05) is 0 Å². The van der Waals surface area contributed by atoms with Gasteiger partial charge in [0.2, 0.25) is 0 Å². The Morgan fingerprint density at radius 2 is 2.47 bits per heavy atom. The number of hydrogen-bond acceptors (Lipinski definition) is 4. The number of β-amino-alcohol motifs (C(OH)–C–C–N with tert-alkyl or cyclic N) is 1. The number of aromatic nitrogens is 1. The zero-order valence-corrected chi connectivity index (χ0v) is 8.35. The average Bonchev–Trinajstić information content (AvgIpc) is 2.65. The largest absolute Gasteiger partial charge is 0.391 e. The van der Waals surface area contributed by atoms with Crippen LogP contribution in [0.2, 0.25) is 0 Å². The Balaban J connectivity index is 2.31. The van der Waals surface area contributed by atoms with Crippen molar-refractivity contribution in [2.24, 2.45) is 5.73 Å². The van der Waals surface area contributed by atoms with Crippen molar-refractivity contribution in [1.29, 1.82) is 5.41 Å². The molecule has 1 aromatic heterocycles. The molecule has 0 aliphatic carbocycles. The third kappa shape index (κ3) is 1.92. The molecule has 0 saturated carbocycles. The van der Waals surface area contributed by atoms with Crippen molar-refractivity contribution in [2.75, 3.05) is 18.0 Å². The van der Waals surface area contributed by atoms with Gasteiger partial charge in [0.25, 0.3) is 0 Å². The number of nitrogen functional groups attached to an aromatic ring is 1. The predicted molar refractivity (Wildman–Crippen MR) is 58.1 cm³/mol. The van der Waals surface area contributed by atoms with Crippen molar-refractivity contribution in [3.8, 4) is 0 Å². The summed E-state index contributed by atoms with van der Waals surface area (Å²) in [5.41, 5.74) is 6.78. The van der Waals surface area contributed by atoms with Crippen molar-refractivity contribution in [3.63, 3.8) is 0 Å². The van der Waals surface area contributed by atoms with Crippen LogP contribution in [0.25, 0.3) is 0 Å². The number of anilines is 1. The molecule has 1 fully saturated rings. The van der Waals surface area contributed by atoms with E-state index in [4.69, 9.17) is 11.1 Å². The van der Waals surface area contributed by atoms with Crippen molar-refractivity contribution < 1.29 is 5.11 Å². The molecule has 1 atom stereocenters. The quantitative estimate of drug-likeness (QED) is 0.467. The molecule has 1 aliphatic rings. The number of hydrogen-bond donors (Lipinski definition) is 3. The first-order valence-electron chi connectivity index (χ1n) is 4.91. The lowest BCUT2D eigenvalue weighted by Gasteiger charge is -2.19. The number of pyridine rings is 1. The predicted octanol–water partition coefficient (Wildman–Crippen LogP) is -0.0633. The van der Waals surface area contributed by atoms with Gasteiger partial charge in [0.1, 0.15) is 11.5 Å². The van der Waals surface area contributed by atoms with E-state index in [2.05, 4.69) is 4.98 Å². The number of amidine groups is 1. The summed E-state index contributed by atoms with van der Waals surface area (Å²) >= 11 is 0. The Morgan fingerprint density at radius 3 is 3.07 bits per heavy atom. The Hall–Kier alpha value is -1.62. The molecule has 5 heteroatoms. The van der Waals surface area contributed by atoms with Gasteiger partial charge in [0, 0.05) is 19.3 Å². The minimum absolute atomic E-state index is 0.0352. The Morgan fingerprint density at radius 1 is 1.67 bits per heavy atom. The number of nitrogens with zero attached hydrogens (tertiary/aromatic N) is 2. The second kappa shape index (κ2) is 3.86. The molecule has 4 N–H and O–H groups in total. The van der Waals surface area contributed by atoms with Crippen molar-refractivity contribution >= 4 is 11.5 Å². The van der Waals surface area contributed by atoms with Crippen LogP contribution in [-0.4, -0.2) is 35.1 Å². The van der Waals surface area contributed by atoms with Crippen LogP contribution in [0.4, 0.5) is 5.69 Å². The molecule has 2 rings (SSSR count). The summed E-state index contributed by atoms with van der Waals surface area (Å²) in [6.07, 6.45) is 2.09. The molecule has 0 bridgehead atoms. The molecule has 2 heterocycles. The van der Waals surface area contributed by atoms with Crippen molar-refractivity contribution in [1.82, 2.24) is 4.98 Å². The maximum Gasteiger partial charge on any atom is 0.143 e. The van der Waals surface area contributed by atoms with Crippen molar-refractivity contribution in [2.45, 2.75) is 12.5 Å². The van der Waals surface area contributed by atoms with Gasteiger partial charge in [-0.2, -0.15) is 0 Å². The second-order valence-electron chi connectivity index (χ2n) is 3.67. The molecular formula is C10H14N4O. The zero-order valence-electron chi connectivity index (χ0n) is 8.35. The van der Waals surface area contributed by atoms with E-state index in [0.29, 0.717) is 12.2 Å². The minimum atomic E-state index is -0.287. The Kier molecular flexibility index (Phi) is 2.55. The number of nitrogens with one attached hydrogen (secondary N) is 1. The van der Waals surface area contributed by atoms with E-state index in [0.717, 1.165) is 18.7 Å². The molecule has 1 aromatic rings. The van der Waals surface area contributed by atoms with Gasteiger partial charge in [0.15, 0.2) is 0 Å². The van der Waals surface area contributed by atoms with E-state index in [9.17, 15) is 5.11 Å². The number of nitrogens with two attached hydrogens (primary N) is 1. The zero-order chi connectivity index (χ0) is 10.8. The van der Waals surface area contributed by atoms with Gasteiger partial charge in [-0.25, -0.2) is 0 Å². The SMILES string of the molecule is N=C(N)c1ncccc1N1CCC(O)C1. The molecule has 15 heavy (non-hydrogen) atoms. The standard InChI is InChI=1S/C10H14N4O/c11-10(12)9-8(2-1-4-13-9)14-5-3-7(15)6-14/h1-2,4,7,15H,3,5-6H2,(H3,11,12). The first-order chi connectivity index (χ1) is 7.18. The van der Waals surface area contributed by atoms with Crippen LogP contribution in [0.15, 0.2) is 18.3 Å². The summed E-state index contributed by atoms with van der Waals surface area (Å²) in [5.74, 6) is -0.0352. The smallest absolute Gasteiger partial charge is 0.143 e. The highest BCUT2D eigenvalue weighted by Crippen LogP contribution is 2.22. The molecule has 1 saturated heterocycles. The van der Waals surface area contributed by atoms with E-state index in [-0.39, 0.29) is 11.9 Å². The second-order valence-corrected chi connectivity index (χ2v) is 3.67. The molecule has 5 nitrogen and oxygen atoms in total. The van der Waals surface area contributed by atoms with Crippen LogP contribution in [-0.2, 0) is 0 Å². The molecule has 1 unspecified atom stereocenters. The molecule has 0 aromatic carbocycles. The first-order valence-corrected chi connectivity index (χ1v) is 4.91. The van der Waals surface area contributed by atoms with Crippen LogP contribution in [0.5, 0.6) is 0 Å². The summed E-state index contributed by atoms with van der Waals surface area (Å²) in [6, 6.07) is 3.69. The summed E-state index contributed by atoms with van der Waals surface area (Å²) < 4.78 is 0. The van der Waals surface area contributed by atoms with E-state index in [1.807, 2.05) is 17.0 Å². The average molecular weight is 206 g/mol. The monoisotopic (exact) mass is 206 g/mol. The Labute approximate surface area is 88.0 Å². The third-order valence-electron chi connectivity index (χ3n) is 2.55. The van der Waals surface area contributed by atoms with Crippen molar-refractivity contribution in [3.05, 3.63) is 24.0 Å². The van der Waals surface area contributed by atoms with Crippen LogP contribution in [0, 0.1) is 5.41 Å². The van der Waals surface area contributed by atoms with Gasteiger partial charge in [-0.15, -0.1) is 0 Å². The van der Waals surface area contributed by atoms with Gasteiger partial charge in [-0.3, -0.25) is 10.4 Å². The molecule has 80 valence electrons. The normalized spacial score (nSPS) is 20.6. The fourth-order valence-corrected chi connectivity index (χ4v) is 1.82. The maximum absolute atomic E-state index is 9.44. The Bertz CT molecular complexity index is 379. The number of aliphatic hydroxyl groups excluding tert-OH is 1. The molecule has 0 radical (unpaired) electrons.